The number of hydrogen-bond acceptors (Lipinski definition) is 6. The van der Waals surface area contributed by atoms with Crippen LogP contribution < -0.4 is 10.2 Å². The number of fused-ring (bicyclic) bond motifs is 5. The molecule has 9 aromatic rings. The van der Waals surface area contributed by atoms with Gasteiger partial charge in [0.2, 0.25) is 6.41 Å². The zero-order chi connectivity index (χ0) is 35.9. The Balaban J connectivity index is 1.22. The monoisotopic (exact) mass is 687 g/mol. The highest BCUT2D eigenvalue weighted by atomic mass is 16.3. The van der Waals surface area contributed by atoms with E-state index in [4.69, 9.17) is 19.4 Å². The van der Waals surface area contributed by atoms with Crippen molar-refractivity contribution in [1.29, 1.82) is 0 Å². The quantitative estimate of drug-likeness (QED) is 0.160. The van der Waals surface area contributed by atoms with E-state index in [-0.39, 0.29) is 0 Å². The summed E-state index contributed by atoms with van der Waals surface area (Å²) < 4.78 is 6.55. The van der Waals surface area contributed by atoms with Crippen LogP contribution in [-0.2, 0) is 4.79 Å². The third-order valence-corrected chi connectivity index (χ3v) is 9.77. The van der Waals surface area contributed by atoms with Gasteiger partial charge in [0.15, 0.2) is 17.5 Å². The number of aromatic nitrogens is 3. The molecule has 1 N–H and O–H groups in total. The van der Waals surface area contributed by atoms with Gasteiger partial charge in [-0.2, -0.15) is 0 Å². The van der Waals surface area contributed by atoms with Crippen molar-refractivity contribution in [1.82, 2.24) is 15.0 Å². The zero-order valence-corrected chi connectivity index (χ0v) is 29.1. The number of hydrogen-bond donors (Lipinski definition) is 1. The lowest BCUT2D eigenvalue weighted by atomic mass is 9.94. The van der Waals surface area contributed by atoms with Gasteiger partial charge in [0.1, 0.15) is 11.2 Å². The molecule has 0 spiro atoms. The minimum atomic E-state index is 0.557. The summed E-state index contributed by atoms with van der Waals surface area (Å²) >= 11 is 0. The molecule has 2 heterocycles. The van der Waals surface area contributed by atoms with Gasteiger partial charge in [0, 0.05) is 46.9 Å². The Kier molecular flexibility index (Phi) is 7.93. The molecule has 0 bridgehead atoms. The molecule has 7 aromatic carbocycles. The van der Waals surface area contributed by atoms with Crippen LogP contribution in [0.2, 0.25) is 0 Å². The summed E-state index contributed by atoms with van der Waals surface area (Å²) in [5.74, 6) is 1.71. The Morgan fingerprint density at radius 1 is 0.566 bits per heavy atom. The maximum atomic E-state index is 11.7. The number of anilines is 2. The highest BCUT2D eigenvalue weighted by Gasteiger charge is 2.20. The maximum Gasteiger partial charge on any atom is 0.213 e. The smallest absolute Gasteiger partial charge is 0.213 e. The molecule has 53 heavy (non-hydrogen) atoms. The van der Waals surface area contributed by atoms with Crippen molar-refractivity contribution >= 4 is 50.5 Å². The average molecular weight is 688 g/mol. The first-order valence-electron chi connectivity index (χ1n) is 17.4. The summed E-state index contributed by atoms with van der Waals surface area (Å²) in [6, 6.07) is 51.3. The second kappa shape index (κ2) is 13.2. The third-order valence-electron chi connectivity index (χ3n) is 9.77. The molecule has 0 atom stereocenters. The van der Waals surface area contributed by atoms with E-state index in [1.54, 1.807) is 11.9 Å². The van der Waals surface area contributed by atoms with E-state index in [1.165, 1.54) is 0 Å². The first-order chi connectivity index (χ1) is 26.1. The third kappa shape index (κ3) is 5.65. The van der Waals surface area contributed by atoms with E-state index in [0.29, 0.717) is 17.5 Å². The van der Waals surface area contributed by atoms with Crippen LogP contribution in [0.4, 0.5) is 11.4 Å². The summed E-state index contributed by atoms with van der Waals surface area (Å²) in [7, 11) is 3.59. The molecular weight excluding hydrogens is 655 g/mol. The van der Waals surface area contributed by atoms with Crippen molar-refractivity contribution in [2.45, 2.75) is 0 Å². The number of carbonyl (C=O) groups is 1. The molecule has 7 heteroatoms. The second-order valence-electron chi connectivity index (χ2n) is 12.9. The van der Waals surface area contributed by atoms with Gasteiger partial charge >= 0.3 is 0 Å². The van der Waals surface area contributed by atoms with Crippen LogP contribution in [0.5, 0.6) is 0 Å². The molecule has 0 aliphatic heterocycles. The van der Waals surface area contributed by atoms with Gasteiger partial charge in [-0.25, -0.2) is 15.0 Å². The predicted molar refractivity (Wildman–Crippen MR) is 216 cm³/mol. The van der Waals surface area contributed by atoms with E-state index < -0.39 is 0 Å². The fourth-order valence-electron chi connectivity index (χ4n) is 7.14. The van der Waals surface area contributed by atoms with Crippen LogP contribution in [0.1, 0.15) is 0 Å². The normalized spacial score (nSPS) is 11.3. The van der Waals surface area contributed by atoms with Gasteiger partial charge in [-0.1, -0.05) is 121 Å². The predicted octanol–water partition coefficient (Wildman–Crippen LogP) is 10.9. The van der Waals surface area contributed by atoms with Crippen LogP contribution in [0.3, 0.4) is 0 Å². The maximum absolute atomic E-state index is 11.7. The summed E-state index contributed by atoms with van der Waals surface area (Å²) in [4.78, 5) is 28.6. The lowest BCUT2D eigenvalue weighted by Crippen LogP contribution is -2.15. The molecule has 1 amide bonds. The van der Waals surface area contributed by atoms with Crippen molar-refractivity contribution in [3.63, 3.8) is 0 Å². The molecule has 7 nitrogen and oxygen atoms in total. The number of nitrogens with one attached hydrogen (secondary N) is 1. The van der Waals surface area contributed by atoms with E-state index in [0.717, 1.165) is 89.4 Å². The molecule has 254 valence electrons. The van der Waals surface area contributed by atoms with Gasteiger partial charge < -0.3 is 14.6 Å². The number of nitrogens with zero attached hydrogens (tertiary/aromatic N) is 4. The number of benzene rings is 7. The van der Waals surface area contributed by atoms with Crippen molar-refractivity contribution < 1.29 is 9.21 Å². The Morgan fingerprint density at radius 3 is 2.06 bits per heavy atom. The van der Waals surface area contributed by atoms with E-state index >= 15 is 0 Å². The number of carbonyl (C=O) groups excluding carboxylic acids is 1. The molecule has 0 saturated heterocycles. The minimum Gasteiger partial charge on any atom is -0.455 e. The molecule has 0 aliphatic rings. The molecule has 0 fully saturated rings. The molecule has 0 saturated carbocycles. The summed E-state index contributed by atoms with van der Waals surface area (Å²) in [6.07, 6.45) is 0.809. The first-order valence-corrected chi connectivity index (χ1v) is 17.4. The zero-order valence-electron chi connectivity index (χ0n) is 29.1. The fourth-order valence-corrected chi connectivity index (χ4v) is 7.14. The van der Waals surface area contributed by atoms with E-state index in [9.17, 15) is 4.79 Å². The Bertz CT molecular complexity index is 2830. The standard InChI is InChI=1S/C46H33N5O2/c1-47-39-25-23-32(27-40(39)51(2)28-52)31-15-10-16-33(26-31)45-48-44(30-13-4-3-5-14-30)49-46(50-45)37-19-9-8-18-35(37)36-20-11-21-41-42(36)38-24-22-29-12-6-7-17-34(29)43(38)53-41/h3-28,47H,1-2H3. The second-order valence-corrected chi connectivity index (χ2v) is 12.9. The van der Waals surface area contributed by atoms with Gasteiger partial charge in [0.25, 0.3) is 0 Å². The lowest BCUT2D eigenvalue weighted by Gasteiger charge is -2.17. The van der Waals surface area contributed by atoms with Crippen molar-refractivity contribution in [2.75, 3.05) is 24.3 Å². The summed E-state index contributed by atoms with van der Waals surface area (Å²) in [5, 5.41) is 7.52. The van der Waals surface area contributed by atoms with Crippen LogP contribution in [0.25, 0.3) is 89.1 Å². The summed E-state index contributed by atoms with van der Waals surface area (Å²) in [6.45, 7) is 0. The van der Waals surface area contributed by atoms with Crippen LogP contribution >= 0.6 is 0 Å². The highest BCUT2D eigenvalue weighted by Crippen LogP contribution is 2.42. The Labute approximate surface area is 306 Å². The van der Waals surface area contributed by atoms with E-state index in [2.05, 4.69) is 66.0 Å². The fraction of sp³-hybridized carbons (Fsp3) is 0.0435. The SMILES string of the molecule is CNc1ccc(-c2cccc(-c3nc(-c4ccccc4)nc(-c4ccccc4-c4cccc5oc6c7ccccc7ccc6c45)n3)c2)cc1N(C)C=O. The first kappa shape index (κ1) is 31.8. The molecule has 2 aromatic heterocycles. The van der Waals surface area contributed by atoms with Crippen LogP contribution in [0.15, 0.2) is 156 Å². The molecule has 0 radical (unpaired) electrons. The molecular formula is C46H33N5O2. The topological polar surface area (TPSA) is 84.2 Å². The molecule has 0 aliphatic carbocycles. The number of rotatable bonds is 8. The molecule has 9 rings (SSSR count). The van der Waals surface area contributed by atoms with Crippen molar-refractivity contribution in [3.8, 4) is 56.4 Å². The van der Waals surface area contributed by atoms with Gasteiger partial charge in [-0.15, -0.1) is 0 Å². The van der Waals surface area contributed by atoms with Gasteiger partial charge in [-0.3, -0.25) is 4.79 Å². The number of amides is 1. The van der Waals surface area contributed by atoms with Crippen LogP contribution in [-0.4, -0.2) is 35.5 Å². The van der Waals surface area contributed by atoms with Crippen molar-refractivity contribution in [2.24, 2.45) is 0 Å². The molecule has 0 unspecified atom stereocenters. The number of furan rings is 1. The van der Waals surface area contributed by atoms with Crippen LogP contribution in [0, 0.1) is 0 Å². The lowest BCUT2D eigenvalue weighted by molar-refractivity contribution is -0.107. The minimum absolute atomic E-state index is 0.557. The Hall–Kier alpha value is -7.12. The van der Waals surface area contributed by atoms with Crippen molar-refractivity contribution in [3.05, 3.63) is 152 Å². The highest BCUT2D eigenvalue weighted by molar-refractivity contribution is 6.19. The van der Waals surface area contributed by atoms with Gasteiger partial charge in [0.05, 0.1) is 11.4 Å². The summed E-state index contributed by atoms with van der Waals surface area (Å²) in [5.41, 5.74) is 9.94. The van der Waals surface area contributed by atoms with Gasteiger partial charge in [-0.05, 0) is 58.0 Å². The van der Waals surface area contributed by atoms with E-state index in [1.807, 2.05) is 98.0 Å². The average Bonchev–Trinajstić information content (AvgIpc) is 3.63. The Morgan fingerprint density at radius 2 is 1.23 bits per heavy atom. The largest absolute Gasteiger partial charge is 0.455 e.